The standard InChI is InChI=1S/C19H30O4/c1-12-9-14-4-3-13(2)17(19(14)18(23)10-12)6-5-15(21)11-16(22)7-8-20/h3-4,8-9,12-13,15-19,21-23H,5-7,10-11H2,1-2H3/t12-,13-,15?,16-,17-,18-,19?/m0/s1. The van der Waals surface area contributed by atoms with E-state index in [9.17, 15) is 20.1 Å². The summed E-state index contributed by atoms with van der Waals surface area (Å²) in [4.78, 5) is 10.4. The van der Waals surface area contributed by atoms with Crippen LogP contribution in [0.4, 0.5) is 0 Å². The summed E-state index contributed by atoms with van der Waals surface area (Å²) in [5.74, 6) is 1.23. The number of carbonyl (C=O) groups excluding carboxylic acids is 1. The third-order valence-corrected chi connectivity index (χ3v) is 5.36. The highest BCUT2D eigenvalue weighted by Crippen LogP contribution is 2.43. The molecule has 0 aromatic rings. The van der Waals surface area contributed by atoms with Crippen LogP contribution in [0.2, 0.25) is 0 Å². The molecule has 0 aromatic carbocycles. The van der Waals surface area contributed by atoms with Crippen LogP contribution in [0.1, 0.15) is 46.0 Å². The Morgan fingerprint density at radius 2 is 2.04 bits per heavy atom. The molecule has 0 saturated heterocycles. The maximum Gasteiger partial charge on any atom is 0.122 e. The Morgan fingerprint density at radius 3 is 2.74 bits per heavy atom. The first-order valence-electron chi connectivity index (χ1n) is 8.80. The van der Waals surface area contributed by atoms with Gasteiger partial charge in [0, 0.05) is 12.3 Å². The van der Waals surface area contributed by atoms with E-state index in [1.165, 1.54) is 5.57 Å². The SMILES string of the molecule is C[C@H]1C=C2C=C[C@H](C)[C@H](CCC(O)C[C@@H](O)CC=O)C2[C@@H](O)C1. The zero-order valence-corrected chi connectivity index (χ0v) is 14.1. The van der Waals surface area contributed by atoms with Crippen LogP contribution in [0.15, 0.2) is 23.8 Å². The van der Waals surface area contributed by atoms with Crippen molar-refractivity contribution in [3.8, 4) is 0 Å². The van der Waals surface area contributed by atoms with Crippen molar-refractivity contribution in [1.82, 2.24) is 0 Å². The van der Waals surface area contributed by atoms with E-state index in [0.717, 1.165) is 12.8 Å². The molecule has 0 saturated carbocycles. The van der Waals surface area contributed by atoms with Gasteiger partial charge in [0.15, 0.2) is 0 Å². The molecule has 2 aliphatic carbocycles. The predicted molar refractivity (Wildman–Crippen MR) is 89.7 cm³/mol. The van der Waals surface area contributed by atoms with E-state index < -0.39 is 12.2 Å². The highest BCUT2D eigenvalue weighted by molar-refractivity contribution is 5.49. The van der Waals surface area contributed by atoms with Crippen molar-refractivity contribution < 1.29 is 20.1 Å². The minimum atomic E-state index is -0.761. The van der Waals surface area contributed by atoms with Crippen molar-refractivity contribution in [2.45, 2.75) is 64.3 Å². The lowest BCUT2D eigenvalue weighted by Gasteiger charge is -2.41. The lowest BCUT2D eigenvalue weighted by Crippen LogP contribution is -2.38. The van der Waals surface area contributed by atoms with E-state index in [1.54, 1.807) is 0 Å². The van der Waals surface area contributed by atoms with Gasteiger partial charge in [-0.3, -0.25) is 0 Å². The molecular formula is C19H30O4. The topological polar surface area (TPSA) is 77.8 Å². The molecule has 0 amide bonds. The van der Waals surface area contributed by atoms with Gasteiger partial charge in [-0.05, 0) is 49.0 Å². The third-order valence-electron chi connectivity index (χ3n) is 5.36. The molecule has 0 heterocycles. The Hall–Kier alpha value is -0.970. The fraction of sp³-hybridized carbons (Fsp3) is 0.737. The number of aliphatic hydroxyl groups excluding tert-OH is 3. The summed E-state index contributed by atoms with van der Waals surface area (Å²) in [6, 6.07) is 0. The number of aldehydes is 1. The lowest BCUT2D eigenvalue weighted by molar-refractivity contribution is -0.109. The van der Waals surface area contributed by atoms with Gasteiger partial charge in [0.05, 0.1) is 18.3 Å². The molecule has 0 radical (unpaired) electrons. The fourth-order valence-corrected chi connectivity index (χ4v) is 4.16. The average molecular weight is 322 g/mol. The van der Waals surface area contributed by atoms with Crippen LogP contribution in [0.25, 0.3) is 0 Å². The molecule has 4 heteroatoms. The van der Waals surface area contributed by atoms with Gasteiger partial charge in [-0.1, -0.05) is 32.1 Å². The second kappa shape index (κ2) is 8.22. The molecule has 0 aliphatic heterocycles. The zero-order valence-electron chi connectivity index (χ0n) is 14.1. The molecule has 0 bridgehead atoms. The van der Waals surface area contributed by atoms with Crippen LogP contribution in [-0.2, 0) is 4.79 Å². The molecule has 23 heavy (non-hydrogen) atoms. The molecule has 3 N–H and O–H groups in total. The van der Waals surface area contributed by atoms with Crippen LogP contribution in [0.3, 0.4) is 0 Å². The van der Waals surface area contributed by atoms with Crippen molar-refractivity contribution in [2.24, 2.45) is 23.7 Å². The van der Waals surface area contributed by atoms with Crippen LogP contribution in [-0.4, -0.2) is 39.9 Å². The Bertz CT molecular complexity index is 456. The largest absolute Gasteiger partial charge is 0.393 e. The number of rotatable bonds is 7. The van der Waals surface area contributed by atoms with E-state index in [2.05, 4.69) is 32.1 Å². The highest BCUT2D eigenvalue weighted by Gasteiger charge is 2.38. The maximum atomic E-state index is 10.5. The molecule has 2 rings (SSSR count). The monoisotopic (exact) mass is 322 g/mol. The van der Waals surface area contributed by atoms with Gasteiger partial charge in [0.1, 0.15) is 6.29 Å². The molecule has 2 unspecified atom stereocenters. The minimum absolute atomic E-state index is 0.0751. The Morgan fingerprint density at radius 1 is 1.30 bits per heavy atom. The summed E-state index contributed by atoms with van der Waals surface area (Å²) in [5, 5.41) is 30.2. The summed E-state index contributed by atoms with van der Waals surface area (Å²) >= 11 is 0. The number of allylic oxidation sites excluding steroid dienone is 3. The summed E-state index contributed by atoms with van der Waals surface area (Å²) in [6.45, 7) is 4.29. The van der Waals surface area contributed by atoms with Crippen LogP contribution < -0.4 is 0 Å². The first-order valence-corrected chi connectivity index (χ1v) is 8.80. The number of fused-ring (bicyclic) bond motifs is 1. The second-order valence-corrected chi connectivity index (χ2v) is 7.38. The average Bonchev–Trinajstić information content (AvgIpc) is 2.46. The van der Waals surface area contributed by atoms with E-state index in [4.69, 9.17) is 0 Å². The van der Waals surface area contributed by atoms with E-state index in [1.807, 2.05) is 0 Å². The summed E-state index contributed by atoms with van der Waals surface area (Å²) < 4.78 is 0. The Labute approximate surface area is 138 Å². The van der Waals surface area contributed by atoms with E-state index in [-0.39, 0.29) is 24.9 Å². The lowest BCUT2D eigenvalue weighted by atomic mass is 9.65. The number of carbonyl (C=O) groups is 1. The molecule has 0 spiro atoms. The Balaban J connectivity index is 1.97. The molecule has 4 nitrogen and oxygen atoms in total. The highest BCUT2D eigenvalue weighted by atomic mass is 16.3. The van der Waals surface area contributed by atoms with Crippen molar-refractivity contribution >= 4 is 6.29 Å². The first kappa shape index (κ1) is 18.4. The second-order valence-electron chi connectivity index (χ2n) is 7.38. The molecule has 0 fully saturated rings. The summed E-state index contributed by atoms with van der Waals surface area (Å²) in [7, 11) is 0. The fourth-order valence-electron chi connectivity index (χ4n) is 4.16. The zero-order chi connectivity index (χ0) is 17.0. The smallest absolute Gasteiger partial charge is 0.122 e. The van der Waals surface area contributed by atoms with E-state index in [0.29, 0.717) is 30.5 Å². The van der Waals surface area contributed by atoms with Gasteiger partial charge in [0.25, 0.3) is 0 Å². The number of aliphatic hydroxyl groups is 3. The minimum Gasteiger partial charge on any atom is -0.393 e. The van der Waals surface area contributed by atoms with Gasteiger partial charge >= 0.3 is 0 Å². The van der Waals surface area contributed by atoms with Gasteiger partial charge in [-0.15, -0.1) is 0 Å². The van der Waals surface area contributed by atoms with Crippen LogP contribution in [0, 0.1) is 23.7 Å². The summed E-state index contributed by atoms with van der Waals surface area (Å²) in [6.07, 6.45) is 8.12. The van der Waals surface area contributed by atoms with Crippen LogP contribution >= 0.6 is 0 Å². The molecule has 2 aliphatic rings. The van der Waals surface area contributed by atoms with Crippen molar-refractivity contribution in [2.75, 3.05) is 0 Å². The molecule has 130 valence electrons. The Kier molecular flexibility index (Phi) is 6.57. The number of hydrogen-bond donors (Lipinski definition) is 3. The molecular weight excluding hydrogens is 292 g/mol. The first-order chi connectivity index (χ1) is 10.9. The van der Waals surface area contributed by atoms with Gasteiger partial charge in [-0.25, -0.2) is 0 Å². The van der Waals surface area contributed by atoms with Crippen molar-refractivity contribution in [3.05, 3.63) is 23.8 Å². The van der Waals surface area contributed by atoms with Gasteiger partial charge < -0.3 is 20.1 Å². The molecule has 7 atom stereocenters. The van der Waals surface area contributed by atoms with Gasteiger partial charge in [0.2, 0.25) is 0 Å². The normalized spacial score (nSPS) is 36.0. The van der Waals surface area contributed by atoms with Crippen LogP contribution in [0.5, 0.6) is 0 Å². The van der Waals surface area contributed by atoms with Crippen molar-refractivity contribution in [3.63, 3.8) is 0 Å². The number of hydrogen-bond acceptors (Lipinski definition) is 4. The van der Waals surface area contributed by atoms with Crippen molar-refractivity contribution in [1.29, 1.82) is 0 Å². The third kappa shape index (κ3) is 4.75. The summed E-state index contributed by atoms with van der Waals surface area (Å²) in [5.41, 5.74) is 1.23. The maximum absolute atomic E-state index is 10.5. The quantitative estimate of drug-likeness (QED) is 0.628. The predicted octanol–water partition coefficient (Wildman–Crippen LogP) is 2.23. The van der Waals surface area contributed by atoms with E-state index >= 15 is 0 Å². The molecule has 0 aromatic heterocycles. The van der Waals surface area contributed by atoms with Gasteiger partial charge in [-0.2, -0.15) is 0 Å².